The number of carbonyl (C=O) groups excluding carboxylic acids is 2. The number of nitrogens with one attached hydrogen (secondary N) is 3. The summed E-state index contributed by atoms with van der Waals surface area (Å²) in [7, 11) is 1.65. The molecule has 0 unspecified atom stereocenters. The third kappa shape index (κ3) is 6.47. The molecule has 0 bridgehead atoms. The van der Waals surface area contributed by atoms with Crippen LogP contribution >= 0.6 is 0 Å². The van der Waals surface area contributed by atoms with Crippen LogP contribution in [0.5, 0.6) is 0 Å². The smallest absolute Gasteiger partial charge is 0.323 e. The molecule has 3 N–H and O–H groups in total. The lowest BCUT2D eigenvalue weighted by atomic mass is 10.0. The van der Waals surface area contributed by atoms with E-state index in [1.54, 1.807) is 13.2 Å². The van der Waals surface area contributed by atoms with E-state index in [1.807, 2.05) is 36.4 Å². The minimum Gasteiger partial charge on any atom is -0.385 e. The number of hydrogen-bond acceptors (Lipinski definition) is 4. The van der Waals surface area contributed by atoms with Crippen LogP contribution in [0.4, 0.5) is 21.9 Å². The van der Waals surface area contributed by atoms with Crippen molar-refractivity contribution in [3.63, 3.8) is 0 Å². The third-order valence-corrected chi connectivity index (χ3v) is 5.59. The van der Waals surface area contributed by atoms with Crippen LogP contribution in [0, 0.1) is 0 Å². The normalized spacial score (nSPS) is 13.3. The van der Waals surface area contributed by atoms with Crippen molar-refractivity contribution >= 4 is 29.0 Å². The average molecular weight is 439 g/mol. The van der Waals surface area contributed by atoms with E-state index in [9.17, 15) is 9.59 Å². The van der Waals surface area contributed by atoms with Gasteiger partial charge in [-0.15, -0.1) is 0 Å². The summed E-state index contributed by atoms with van der Waals surface area (Å²) >= 11 is 0. The zero-order chi connectivity index (χ0) is 22.9. The van der Waals surface area contributed by atoms with Gasteiger partial charge < -0.3 is 25.6 Å². The van der Waals surface area contributed by atoms with Crippen molar-refractivity contribution in [3.8, 4) is 0 Å². The second kappa shape index (κ2) is 11.5. The maximum absolute atomic E-state index is 12.9. The first-order valence-electron chi connectivity index (χ1n) is 11.3. The summed E-state index contributed by atoms with van der Waals surface area (Å²) in [6.45, 7) is 7.27. The number of nitrogens with zero attached hydrogens (tertiary/aromatic N) is 1. The topological polar surface area (TPSA) is 82.7 Å². The molecule has 1 aliphatic heterocycles. The summed E-state index contributed by atoms with van der Waals surface area (Å²) in [6.07, 6.45) is 2.98. The molecule has 2 aromatic carbocycles. The Morgan fingerprint density at radius 3 is 2.31 bits per heavy atom. The van der Waals surface area contributed by atoms with Crippen LogP contribution in [0.25, 0.3) is 0 Å². The molecule has 3 rings (SSSR count). The first-order chi connectivity index (χ1) is 15.5. The lowest BCUT2D eigenvalue weighted by molar-refractivity contribution is 0.0949. The van der Waals surface area contributed by atoms with E-state index >= 15 is 0 Å². The first kappa shape index (κ1) is 23.6. The molecule has 0 radical (unpaired) electrons. The largest absolute Gasteiger partial charge is 0.385 e. The summed E-state index contributed by atoms with van der Waals surface area (Å²) in [5, 5.41) is 8.66. The van der Waals surface area contributed by atoms with Crippen molar-refractivity contribution in [1.82, 2.24) is 5.32 Å². The van der Waals surface area contributed by atoms with Crippen molar-refractivity contribution in [2.75, 3.05) is 48.9 Å². The van der Waals surface area contributed by atoms with E-state index in [2.05, 4.69) is 34.7 Å². The maximum Gasteiger partial charge on any atom is 0.323 e. The Labute approximate surface area is 190 Å². The molecule has 2 aromatic rings. The second-order valence-electron chi connectivity index (χ2n) is 8.38. The van der Waals surface area contributed by atoms with Gasteiger partial charge in [-0.25, -0.2) is 4.79 Å². The summed E-state index contributed by atoms with van der Waals surface area (Å²) in [4.78, 5) is 27.6. The summed E-state index contributed by atoms with van der Waals surface area (Å²) in [5.41, 5.74) is 3.99. The van der Waals surface area contributed by atoms with E-state index in [-0.39, 0.29) is 11.9 Å². The zero-order valence-electron chi connectivity index (χ0n) is 19.2. The molecule has 0 atom stereocenters. The SMILES string of the molecule is COCCCNC(=O)c1cc(NC(=O)Nc2ccc(C(C)C)cc2)ccc1N1CCCC1. The molecular weight excluding hydrogens is 404 g/mol. The molecular formula is C25H34N4O3. The molecule has 7 heteroatoms. The minimum absolute atomic E-state index is 0.142. The van der Waals surface area contributed by atoms with Gasteiger partial charge >= 0.3 is 6.03 Å². The average Bonchev–Trinajstić information content (AvgIpc) is 3.31. The number of carbonyl (C=O) groups is 2. The van der Waals surface area contributed by atoms with E-state index in [4.69, 9.17) is 4.74 Å². The Morgan fingerprint density at radius 1 is 1.00 bits per heavy atom. The predicted molar refractivity (Wildman–Crippen MR) is 130 cm³/mol. The molecule has 0 saturated carbocycles. The van der Waals surface area contributed by atoms with Gasteiger partial charge in [-0.1, -0.05) is 26.0 Å². The predicted octanol–water partition coefficient (Wildman–Crippen LogP) is 4.82. The number of benzene rings is 2. The number of ether oxygens (including phenoxy) is 1. The lowest BCUT2D eigenvalue weighted by Crippen LogP contribution is -2.29. The Hall–Kier alpha value is -3.06. The van der Waals surface area contributed by atoms with Gasteiger partial charge in [-0.2, -0.15) is 0 Å². The van der Waals surface area contributed by atoms with E-state index < -0.39 is 0 Å². The number of rotatable bonds is 9. The van der Waals surface area contributed by atoms with E-state index in [0.29, 0.717) is 30.3 Å². The Kier molecular flexibility index (Phi) is 8.50. The highest BCUT2D eigenvalue weighted by Crippen LogP contribution is 2.28. The number of hydrogen-bond donors (Lipinski definition) is 3. The van der Waals surface area contributed by atoms with Gasteiger partial charge in [0.1, 0.15) is 0 Å². The summed E-state index contributed by atoms with van der Waals surface area (Å²) < 4.78 is 5.05. The van der Waals surface area contributed by atoms with Gasteiger partial charge in [0, 0.05) is 50.4 Å². The third-order valence-electron chi connectivity index (χ3n) is 5.59. The van der Waals surface area contributed by atoms with Crippen molar-refractivity contribution < 1.29 is 14.3 Å². The number of methoxy groups -OCH3 is 1. The van der Waals surface area contributed by atoms with E-state index in [0.717, 1.165) is 43.7 Å². The van der Waals surface area contributed by atoms with E-state index in [1.165, 1.54) is 5.56 Å². The highest BCUT2D eigenvalue weighted by Gasteiger charge is 2.20. The Morgan fingerprint density at radius 2 is 1.66 bits per heavy atom. The van der Waals surface area contributed by atoms with Crippen LogP contribution in [0.1, 0.15) is 54.9 Å². The number of urea groups is 1. The van der Waals surface area contributed by atoms with Gasteiger partial charge in [0.05, 0.1) is 5.56 Å². The quantitative estimate of drug-likeness (QED) is 0.490. The molecule has 1 saturated heterocycles. The van der Waals surface area contributed by atoms with Crippen LogP contribution in [-0.2, 0) is 4.74 Å². The van der Waals surface area contributed by atoms with Crippen LogP contribution in [-0.4, -0.2) is 45.3 Å². The fraction of sp³-hybridized carbons (Fsp3) is 0.440. The fourth-order valence-electron chi connectivity index (χ4n) is 3.79. The fourth-order valence-corrected chi connectivity index (χ4v) is 3.79. The summed E-state index contributed by atoms with van der Waals surface area (Å²) in [5.74, 6) is 0.294. The summed E-state index contributed by atoms with van der Waals surface area (Å²) in [6, 6.07) is 13.0. The van der Waals surface area contributed by atoms with Gasteiger partial charge in [0.15, 0.2) is 0 Å². The van der Waals surface area contributed by atoms with Crippen LogP contribution in [0.2, 0.25) is 0 Å². The van der Waals surface area contributed by atoms with Gasteiger partial charge in [-0.3, -0.25) is 4.79 Å². The Bertz CT molecular complexity index is 906. The molecule has 0 aliphatic carbocycles. The number of amides is 3. The van der Waals surface area contributed by atoms with Crippen LogP contribution < -0.4 is 20.9 Å². The molecule has 7 nitrogen and oxygen atoms in total. The minimum atomic E-state index is -0.345. The second-order valence-corrected chi connectivity index (χ2v) is 8.38. The molecule has 32 heavy (non-hydrogen) atoms. The van der Waals surface area contributed by atoms with Crippen molar-refractivity contribution in [1.29, 1.82) is 0 Å². The molecule has 1 fully saturated rings. The highest BCUT2D eigenvalue weighted by molar-refractivity contribution is 6.04. The molecule has 172 valence electrons. The van der Waals surface area contributed by atoms with Crippen LogP contribution in [0.15, 0.2) is 42.5 Å². The molecule has 0 spiro atoms. The lowest BCUT2D eigenvalue weighted by Gasteiger charge is -2.22. The maximum atomic E-state index is 12.9. The van der Waals surface area contributed by atoms with Crippen molar-refractivity contribution in [2.24, 2.45) is 0 Å². The van der Waals surface area contributed by atoms with Gasteiger partial charge in [0.25, 0.3) is 5.91 Å². The van der Waals surface area contributed by atoms with Crippen molar-refractivity contribution in [3.05, 3.63) is 53.6 Å². The van der Waals surface area contributed by atoms with Gasteiger partial charge in [0.2, 0.25) is 0 Å². The monoisotopic (exact) mass is 438 g/mol. The first-order valence-corrected chi connectivity index (χ1v) is 11.3. The Balaban J connectivity index is 1.70. The number of anilines is 3. The molecule has 1 heterocycles. The standard InChI is InChI=1S/C25H34N4O3/c1-18(2)19-7-9-20(10-8-19)27-25(31)28-21-11-12-23(29-14-4-5-15-29)22(17-21)24(30)26-13-6-16-32-3/h7-12,17-18H,4-6,13-16H2,1-3H3,(H,26,30)(H2,27,28,31). The van der Waals surface area contributed by atoms with Crippen molar-refractivity contribution in [2.45, 2.75) is 39.0 Å². The van der Waals surface area contributed by atoms with Gasteiger partial charge in [-0.05, 0) is 61.1 Å². The molecule has 3 amide bonds. The highest BCUT2D eigenvalue weighted by atomic mass is 16.5. The van der Waals surface area contributed by atoms with Crippen LogP contribution in [0.3, 0.4) is 0 Å². The molecule has 1 aliphatic rings. The zero-order valence-corrected chi connectivity index (χ0v) is 19.2. The molecule has 0 aromatic heterocycles.